The lowest BCUT2D eigenvalue weighted by Crippen LogP contribution is -2.59. The lowest BCUT2D eigenvalue weighted by atomic mass is 9.44. The van der Waals surface area contributed by atoms with E-state index < -0.39 is 0 Å². The van der Waals surface area contributed by atoms with Crippen LogP contribution in [0.4, 0.5) is 0 Å². The summed E-state index contributed by atoms with van der Waals surface area (Å²) in [4.78, 5) is 0. The molecule has 152 valence electrons. The average Bonchev–Trinajstić information content (AvgIpc) is 3.02. The molecule has 0 aliphatic heterocycles. The van der Waals surface area contributed by atoms with Crippen molar-refractivity contribution in [3.05, 3.63) is 25.3 Å². The number of hydrogen-bond acceptors (Lipinski definition) is 2. The van der Waals surface area contributed by atoms with Crippen LogP contribution in [0.5, 0.6) is 0 Å². The summed E-state index contributed by atoms with van der Waals surface area (Å²) >= 11 is 5.21. The summed E-state index contributed by atoms with van der Waals surface area (Å²) in [5.41, 5.74) is 1.07. The van der Waals surface area contributed by atoms with E-state index >= 15 is 0 Å². The zero-order valence-corrected chi connectivity index (χ0v) is 18.5. The minimum atomic E-state index is -0.0572. The van der Waals surface area contributed by atoms with Crippen LogP contribution in [0.15, 0.2) is 25.3 Å². The molecule has 4 aliphatic rings. The maximum atomic E-state index is 6.36. The second-order valence-electron chi connectivity index (χ2n) is 10.9. The highest BCUT2D eigenvalue weighted by Crippen LogP contribution is 2.67. The quantitative estimate of drug-likeness (QED) is 0.400. The minimum Gasteiger partial charge on any atom is -0.373 e. The topological polar surface area (TPSA) is 9.23 Å². The molecule has 0 bridgehead atoms. The molecule has 0 amide bonds. The molecule has 0 radical (unpaired) electrons. The van der Waals surface area contributed by atoms with Crippen LogP contribution in [0.3, 0.4) is 0 Å². The molecule has 0 aromatic heterocycles. The monoisotopic (exact) mass is 388 g/mol. The Bertz CT molecular complexity index is 587. The van der Waals surface area contributed by atoms with Gasteiger partial charge in [-0.1, -0.05) is 32.4 Å². The van der Waals surface area contributed by atoms with Gasteiger partial charge in [-0.25, -0.2) is 0 Å². The summed E-state index contributed by atoms with van der Waals surface area (Å²) in [7, 11) is 0. The predicted molar refractivity (Wildman–Crippen MR) is 118 cm³/mol. The van der Waals surface area contributed by atoms with Crippen LogP contribution in [-0.2, 0) is 4.74 Å². The van der Waals surface area contributed by atoms with E-state index in [1.54, 1.807) is 0 Å². The van der Waals surface area contributed by atoms with Crippen LogP contribution in [0.2, 0.25) is 0 Å². The van der Waals surface area contributed by atoms with E-state index in [1.165, 1.54) is 57.8 Å². The van der Waals surface area contributed by atoms with E-state index in [4.69, 9.17) is 17.4 Å². The van der Waals surface area contributed by atoms with Crippen molar-refractivity contribution in [3.8, 4) is 0 Å². The Kier molecular flexibility index (Phi) is 5.38. The molecule has 4 rings (SSSR count). The largest absolute Gasteiger partial charge is 0.373 e. The first-order chi connectivity index (χ1) is 12.9. The van der Waals surface area contributed by atoms with E-state index in [-0.39, 0.29) is 10.9 Å². The standard InChI is InChI=1S/C25H40OS/c1-5-12-25(27)16-18-9-10-19-20-8-7-13-23(20,3)14-11-21(19)24(18,4)17-22(25)26-15-6-2/h5-6,18-22,27H,1-2,7-17H2,3-4H3/t18?,19-,20-,21-,22?,23-,24-,25?/m0/s1. The van der Waals surface area contributed by atoms with Gasteiger partial charge in [0.1, 0.15) is 0 Å². The van der Waals surface area contributed by atoms with Gasteiger partial charge < -0.3 is 4.74 Å². The Morgan fingerprint density at radius 1 is 1.00 bits per heavy atom. The number of allylic oxidation sites excluding steroid dienone is 1. The van der Waals surface area contributed by atoms with E-state index in [0.717, 1.165) is 30.1 Å². The van der Waals surface area contributed by atoms with Crippen molar-refractivity contribution in [2.75, 3.05) is 6.61 Å². The maximum Gasteiger partial charge on any atom is 0.0731 e. The van der Waals surface area contributed by atoms with Gasteiger partial charge in [0.2, 0.25) is 0 Å². The van der Waals surface area contributed by atoms with Crippen LogP contribution in [0, 0.1) is 34.5 Å². The van der Waals surface area contributed by atoms with E-state index in [9.17, 15) is 0 Å². The second-order valence-corrected chi connectivity index (χ2v) is 11.7. The zero-order chi connectivity index (χ0) is 19.3. The Labute approximate surface area is 172 Å². The molecule has 0 aromatic carbocycles. The molecule has 4 aliphatic carbocycles. The summed E-state index contributed by atoms with van der Waals surface area (Å²) in [6, 6.07) is 0. The molecule has 27 heavy (non-hydrogen) atoms. The molecule has 0 N–H and O–H groups in total. The van der Waals surface area contributed by atoms with Crippen molar-refractivity contribution < 1.29 is 4.74 Å². The SMILES string of the molecule is C=CCOC1C[C@@]2(C)C(CC[C@H]3[C@@H]4CCC[C@@]4(C)CC[C@@H]32)CC1(S)CC=C. The van der Waals surface area contributed by atoms with Crippen molar-refractivity contribution >= 4 is 12.6 Å². The van der Waals surface area contributed by atoms with Gasteiger partial charge in [0.25, 0.3) is 0 Å². The first-order valence-corrected chi connectivity index (χ1v) is 11.9. The molecule has 1 nitrogen and oxygen atoms in total. The Morgan fingerprint density at radius 3 is 2.56 bits per heavy atom. The third-order valence-electron chi connectivity index (χ3n) is 9.58. The van der Waals surface area contributed by atoms with Crippen LogP contribution in [0.25, 0.3) is 0 Å². The first kappa shape index (κ1) is 20.1. The Hall–Kier alpha value is -0.210. The summed E-state index contributed by atoms with van der Waals surface area (Å²) in [6.45, 7) is 13.8. The third-order valence-corrected chi connectivity index (χ3v) is 10.2. The molecular formula is C25H40OS. The molecule has 3 unspecified atom stereocenters. The van der Waals surface area contributed by atoms with E-state index in [0.29, 0.717) is 17.4 Å². The van der Waals surface area contributed by atoms with Crippen molar-refractivity contribution in [1.82, 2.24) is 0 Å². The van der Waals surface area contributed by atoms with Gasteiger partial charge >= 0.3 is 0 Å². The van der Waals surface area contributed by atoms with Crippen LogP contribution < -0.4 is 0 Å². The molecule has 0 saturated heterocycles. The van der Waals surface area contributed by atoms with Gasteiger partial charge in [0.15, 0.2) is 0 Å². The van der Waals surface area contributed by atoms with Crippen molar-refractivity contribution in [3.63, 3.8) is 0 Å². The second kappa shape index (κ2) is 7.24. The van der Waals surface area contributed by atoms with Gasteiger partial charge in [0.05, 0.1) is 12.7 Å². The van der Waals surface area contributed by atoms with Crippen molar-refractivity contribution in [2.45, 2.75) is 88.9 Å². The third kappa shape index (κ3) is 3.18. The predicted octanol–water partition coefficient (Wildman–Crippen LogP) is 6.85. The lowest BCUT2D eigenvalue weighted by molar-refractivity contribution is -0.142. The molecule has 4 saturated carbocycles. The molecule has 0 aromatic rings. The number of ether oxygens (including phenoxy) is 1. The van der Waals surface area contributed by atoms with E-state index in [2.05, 4.69) is 33.1 Å². The number of thiol groups is 1. The summed E-state index contributed by atoms with van der Waals surface area (Å²) in [5, 5.41) is 0. The molecule has 0 spiro atoms. The lowest BCUT2D eigenvalue weighted by Gasteiger charge is -2.63. The highest BCUT2D eigenvalue weighted by Gasteiger charge is 2.61. The van der Waals surface area contributed by atoms with Gasteiger partial charge in [0, 0.05) is 4.75 Å². The number of fused-ring (bicyclic) bond motifs is 5. The van der Waals surface area contributed by atoms with Crippen LogP contribution in [0.1, 0.15) is 78.1 Å². The highest BCUT2D eigenvalue weighted by atomic mass is 32.1. The van der Waals surface area contributed by atoms with Gasteiger partial charge in [-0.15, -0.1) is 13.2 Å². The normalized spacial score (nSPS) is 51.7. The van der Waals surface area contributed by atoms with Crippen molar-refractivity contribution in [2.24, 2.45) is 34.5 Å². The fraction of sp³-hybridized carbons (Fsp3) is 0.840. The fourth-order valence-electron chi connectivity index (χ4n) is 8.19. The summed E-state index contributed by atoms with van der Waals surface area (Å²) in [5.74, 6) is 3.63. The highest BCUT2D eigenvalue weighted by molar-refractivity contribution is 7.81. The molecule has 4 fully saturated rings. The van der Waals surface area contributed by atoms with Gasteiger partial charge in [-0.2, -0.15) is 12.6 Å². The minimum absolute atomic E-state index is 0.0572. The number of hydrogen-bond donors (Lipinski definition) is 1. The molecule has 8 atom stereocenters. The average molecular weight is 389 g/mol. The zero-order valence-electron chi connectivity index (χ0n) is 17.6. The summed E-state index contributed by atoms with van der Waals surface area (Å²) < 4.78 is 6.30. The van der Waals surface area contributed by atoms with Crippen LogP contribution >= 0.6 is 12.6 Å². The van der Waals surface area contributed by atoms with Gasteiger partial charge in [-0.05, 0) is 92.3 Å². The molecule has 2 heteroatoms. The summed E-state index contributed by atoms with van der Waals surface area (Å²) in [6.07, 6.45) is 17.7. The smallest absolute Gasteiger partial charge is 0.0731 e. The van der Waals surface area contributed by atoms with E-state index in [1.807, 2.05) is 6.08 Å². The van der Waals surface area contributed by atoms with Crippen molar-refractivity contribution in [1.29, 1.82) is 0 Å². The first-order valence-electron chi connectivity index (χ1n) is 11.4. The molecule has 0 heterocycles. The van der Waals surface area contributed by atoms with Crippen LogP contribution in [-0.4, -0.2) is 17.5 Å². The van der Waals surface area contributed by atoms with Gasteiger partial charge in [-0.3, -0.25) is 0 Å². The molecular weight excluding hydrogens is 348 g/mol. The fourth-order valence-corrected chi connectivity index (χ4v) is 8.71. The Balaban J connectivity index is 1.61. The Morgan fingerprint density at radius 2 is 1.81 bits per heavy atom. The maximum absolute atomic E-state index is 6.36. The number of rotatable bonds is 5.